The summed E-state index contributed by atoms with van der Waals surface area (Å²) in [5.74, 6) is 0.363. The van der Waals surface area contributed by atoms with Gasteiger partial charge < -0.3 is 0 Å². The number of allylic oxidation sites excluding steroid dienone is 2. The van der Waals surface area contributed by atoms with Crippen LogP contribution < -0.4 is 0 Å². The third kappa shape index (κ3) is 2.77. The average molecular weight is 389 g/mol. The summed E-state index contributed by atoms with van der Waals surface area (Å²) in [4.78, 5) is 13.7. The number of carbonyl (C=O) groups excluding carboxylic acids is 1. The van der Waals surface area contributed by atoms with Gasteiger partial charge >= 0.3 is 0 Å². The summed E-state index contributed by atoms with van der Waals surface area (Å²) in [5, 5.41) is 8.24. The highest BCUT2D eigenvalue weighted by Gasteiger charge is 2.54. The lowest BCUT2D eigenvalue weighted by molar-refractivity contribution is -0.118. The molecule has 3 aliphatic carbocycles. The standard InChI is InChI=1S/C26H32N2O/c1-24(2,3)14-20-23-19(27-28-20)12-17-13-25(4,5)15-21(29)22(17)26(23)11-10-16-8-6-7-9-18(16)26/h6-9H,10-15H2,1-5H3,(H,27,28). The Morgan fingerprint density at radius 1 is 1.14 bits per heavy atom. The van der Waals surface area contributed by atoms with Crippen LogP contribution in [0.15, 0.2) is 35.4 Å². The highest BCUT2D eigenvalue weighted by molar-refractivity contribution is 6.02. The van der Waals surface area contributed by atoms with Crippen molar-refractivity contribution in [3.05, 3.63) is 63.5 Å². The minimum absolute atomic E-state index is 0.0427. The molecule has 0 amide bonds. The third-order valence-electron chi connectivity index (χ3n) is 7.07. The van der Waals surface area contributed by atoms with Crippen LogP contribution in [0.2, 0.25) is 0 Å². The topological polar surface area (TPSA) is 45.8 Å². The molecule has 1 aromatic heterocycles. The first-order valence-corrected chi connectivity index (χ1v) is 11.0. The van der Waals surface area contributed by atoms with E-state index in [4.69, 9.17) is 5.10 Å². The summed E-state index contributed by atoms with van der Waals surface area (Å²) in [6.07, 6.45) is 5.44. The van der Waals surface area contributed by atoms with Crippen molar-refractivity contribution in [1.82, 2.24) is 10.2 Å². The highest BCUT2D eigenvalue weighted by Crippen LogP contribution is 2.58. The number of aryl methyl sites for hydroxylation is 1. The predicted octanol–water partition coefficient (Wildman–Crippen LogP) is 5.47. The molecule has 1 heterocycles. The van der Waals surface area contributed by atoms with Crippen molar-refractivity contribution in [2.24, 2.45) is 10.8 Å². The second kappa shape index (κ2) is 5.93. The zero-order chi connectivity index (χ0) is 20.6. The molecule has 29 heavy (non-hydrogen) atoms. The number of rotatable bonds is 1. The molecule has 3 aliphatic rings. The van der Waals surface area contributed by atoms with E-state index in [0.717, 1.165) is 43.4 Å². The molecule has 0 fully saturated rings. The van der Waals surface area contributed by atoms with Gasteiger partial charge in [-0.15, -0.1) is 0 Å². The molecule has 1 unspecified atom stereocenters. The summed E-state index contributed by atoms with van der Waals surface area (Å²) in [6, 6.07) is 8.79. The van der Waals surface area contributed by atoms with Gasteiger partial charge in [-0.1, -0.05) is 64.5 Å². The van der Waals surface area contributed by atoms with Gasteiger partial charge in [0.1, 0.15) is 0 Å². The number of fused-ring (bicyclic) bond motifs is 5. The molecule has 0 aliphatic heterocycles. The largest absolute Gasteiger partial charge is 0.294 e. The molecular weight excluding hydrogens is 356 g/mol. The smallest absolute Gasteiger partial charge is 0.160 e. The Hall–Kier alpha value is -2.16. The van der Waals surface area contributed by atoms with E-state index in [9.17, 15) is 4.79 Å². The van der Waals surface area contributed by atoms with Crippen LogP contribution in [-0.2, 0) is 29.5 Å². The van der Waals surface area contributed by atoms with E-state index in [1.807, 2.05) is 0 Å². The number of nitrogens with one attached hydrogen (secondary N) is 1. The summed E-state index contributed by atoms with van der Waals surface area (Å²) in [7, 11) is 0. The van der Waals surface area contributed by atoms with Crippen LogP contribution in [0.3, 0.4) is 0 Å². The van der Waals surface area contributed by atoms with Gasteiger partial charge in [-0.25, -0.2) is 0 Å². The van der Waals surface area contributed by atoms with Crippen LogP contribution in [-0.4, -0.2) is 16.0 Å². The number of aromatic amines is 1. The molecule has 1 aromatic carbocycles. The second-order valence-corrected chi connectivity index (χ2v) is 11.4. The fourth-order valence-corrected chi connectivity index (χ4v) is 6.29. The number of aromatic nitrogens is 2. The third-order valence-corrected chi connectivity index (χ3v) is 7.07. The summed E-state index contributed by atoms with van der Waals surface area (Å²) >= 11 is 0. The lowest BCUT2D eigenvalue weighted by Gasteiger charge is -2.44. The van der Waals surface area contributed by atoms with Gasteiger partial charge in [-0.2, -0.15) is 5.10 Å². The molecule has 1 atom stereocenters. The number of benzene rings is 1. The van der Waals surface area contributed by atoms with Crippen molar-refractivity contribution >= 4 is 5.78 Å². The Balaban J connectivity index is 1.80. The van der Waals surface area contributed by atoms with Crippen LogP contribution in [0.1, 0.15) is 82.0 Å². The van der Waals surface area contributed by atoms with Crippen molar-refractivity contribution < 1.29 is 4.79 Å². The molecule has 1 N–H and O–H groups in total. The second-order valence-electron chi connectivity index (χ2n) is 11.4. The zero-order valence-electron chi connectivity index (χ0n) is 18.4. The highest BCUT2D eigenvalue weighted by atomic mass is 16.1. The first-order valence-electron chi connectivity index (χ1n) is 11.0. The number of hydrogen-bond acceptors (Lipinski definition) is 2. The van der Waals surface area contributed by atoms with Crippen LogP contribution >= 0.6 is 0 Å². The Kier molecular flexibility index (Phi) is 3.85. The lowest BCUT2D eigenvalue weighted by Crippen LogP contribution is -2.42. The van der Waals surface area contributed by atoms with Crippen molar-refractivity contribution in [3.8, 4) is 0 Å². The monoisotopic (exact) mass is 388 g/mol. The van der Waals surface area contributed by atoms with Gasteiger partial charge in [0.25, 0.3) is 0 Å². The molecule has 0 saturated carbocycles. The van der Waals surface area contributed by atoms with Gasteiger partial charge in [-0.3, -0.25) is 9.89 Å². The summed E-state index contributed by atoms with van der Waals surface area (Å²) < 4.78 is 0. The number of Topliss-reactive ketones (excluding diaryl/α,β-unsaturated/α-hetero) is 1. The maximum absolute atomic E-state index is 13.7. The molecule has 1 spiro atoms. The molecule has 152 valence electrons. The van der Waals surface area contributed by atoms with E-state index in [0.29, 0.717) is 12.2 Å². The Bertz CT molecular complexity index is 1050. The van der Waals surface area contributed by atoms with E-state index in [1.165, 1.54) is 28.0 Å². The quantitative estimate of drug-likeness (QED) is 0.704. The number of ketones is 1. The zero-order valence-corrected chi connectivity index (χ0v) is 18.4. The Morgan fingerprint density at radius 3 is 2.66 bits per heavy atom. The van der Waals surface area contributed by atoms with E-state index in [-0.39, 0.29) is 16.2 Å². The number of H-pyrrole nitrogens is 1. The number of carbonyl (C=O) groups is 1. The van der Waals surface area contributed by atoms with Gasteiger partial charge in [0.05, 0.1) is 11.1 Å². The van der Waals surface area contributed by atoms with Gasteiger partial charge in [0.15, 0.2) is 5.78 Å². The molecule has 0 bridgehead atoms. The molecule has 5 rings (SSSR count). The van der Waals surface area contributed by atoms with Crippen molar-refractivity contribution in [2.75, 3.05) is 0 Å². The van der Waals surface area contributed by atoms with Crippen LogP contribution in [0.4, 0.5) is 0 Å². The SMILES string of the molecule is CC(C)(C)Cc1n[nH]c2c1C1(CCc3ccccc31)C1=C(C2)CC(C)(C)CC1=O. The number of hydrogen-bond donors (Lipinski definition) is 1. The molecular formula is C26H32N2O. The van der Waals surface area contributed by atoms with Crippen LogP contribution in [0, 0.1) is 10.8 Å². The molecule has 0 radical (unpaired) electrons. The van der Waals surface area contributed by atoms with E-state index < -0.39 is 0 Å². The Morgan fingerprint density at radius 2 is 1.90 bits per heavy atom. The molecule has 3 nitrogen and oxygen atoms in total. The molecule has 2 aromatic rings. The first-order chi connectivity index (χ1) is 13.6. The molecule has 3 heteroatoms. The number of nitrogens with zero attached hydrogens (tertiary/aromatic N) is 1. The van der Waals surface area contributed by atoms with Gasteiger partial charge in [-0.05, 0) is 47.6 Å². The first kappa shape index (κ1) is 18.8. The van der Waals surface area contributed by atoms with E-state index in [1.54, 1.807) is 0 Å². The average Bonchev–Trinajstić information content (AvgIpc) is 3.15. The van der Waals surface area contributed by atoms with Crippen molar-refractivity contribution in [1.29, 1.82) is 0 Å². The van der Waals surface area contributed by atoms with Crippen LogP contribution in [0.5, 0.6) is 0 Å². The fraction of sp³-hybridized carbons (Fsp3) is 0.538. The van der Waals surface area contributed by atoms with Crippen molar-refractivity contribution in [2.45, 2.75) is 78.6 Å². The van der Waals surface area contributed by atoms with Gasteiger partial charge in [0.2, 0.25) is 0 Å². The van der Waals surface area contributed by atoms with Crippen LogP contribution in [0.25, 0.3) is 0 Å². The summed E-state index contributed by atoms with van der Waals surface area (Å²) in [6.45, 7) is 11.3. The minimum atomic E-state index is -0.305. The van der Waals surface area contributed by atoms with Crippen molar-refractivity contribution in [3.63, 3.8) is 0 Å². The fourth-order valence-electron chi connectivity index (χ4n) is 6.29. The Labute approximate surface area is 174 Å². The van der Waals surface area contributed by atoms with E-state index >= 15 is 0 Å². The maximum atomic E-state index is 13.7. The minimum Gasteiger partial charge on any atom is -0.294 e. The summed E-state index contributed by atoms with van der Waals surface area (Å²) in [5.41, 5.74) is 8.82. The maximum Gasteiger partial charge on any atom is 0.160 e. The van der Waals surface area contributed by atoms with E-state index in [2.05, 4.69) is 64.0 Å². The lowest BCUT2D eigenvalue weighted by atomic mass is 9.57. The van der Waals surface area contributed by atoms with Gasteiger partial charge in [0, 0.05) is 29.7 Å². The normalized spacial score (nSPS) is 25.2. The predicted molar refractivity (Wildman–Crippen MR) is 116 cm³/mol. The molecule has 0 saturated heterocycles.